The Balaban J connectivity index is 0.00000225. The van der Waals surface area contributed by atoms with Crippen LogP contribution in [0.1, 0.15) is 36.0 Å². The maximum Gasteiger partial charge on any atom is 0.285 e. The van der Waals surface area contributed by atoms with E-state index in [-0.39, 0.29) is 35.6 Å². The summed E-state index contributed by atoms with van der Waals surface area (Å²) in [6.07, 6.45) is 5.87. The Morgan fingerprint density at radius 1 is 1.36 bits per heavy atom. The first-order chi connectivity index (χ1) is 11.5. The molecule has 7 nitrogen and oxygen atoms in total. The van der Waals surface area contributed by atoms with Crippen molar-refractivity contribution in [2.45, 2.75) is 48.7 Å². The van der Waals surface area contributed by atoms with Crippen LogP contribution in [0, 0.1) is 10.1 Å². The van der Waals surface area contributed by atoms with Crippen molar-refractivity contribution in [1.82, 2.24) is 10.6 Å². The van der Waals surface area contributed by atoms with E-state index in [4.69, 9.17) is 4.74 Å². The molecule has 1 aromatic rings. The number of nitro groups is 1. The van der Waals surface area contributed by atoms with Gasteiger partial charge in [0, 0.05) is 18.1 Å². The molecule has 0 aliphatic carbocycles. The van der Waals surface area contributed by atoms with E-state index in [1.165, 1.54) is 24.9 Å². The van der Waals surface area contributed by atoms with Crippen LogP contribution in [0.15, 0.2) is 17.0 Å². The van der Waals surface area contributed by atoms with Crippen LogP contribution in [0.5, 0.6) is 5.75 Å². The molecule has 0 spiro atoms. The molecule has 1 aromatic carbocycles. The Morgan fingerprint density at radius 2 is 2.00 bits per heavy atom. The summed E-state index contributed by atoms with van der Waals surface area (Å²) in [5.74, 6) is 0.0246. The summed E-state index contributed by atoms with van der Waals surface area (Å²) < 4.78 is 5.18. The van der Waals surface area contributed by atoms with E-state index >= 15 is 0 Å². The second-order valence-electron chi connectivity index (χ2n) is 6.26. The highest BCUT2D eigenvalue weighted by Crippen LogP contribution is 2.35. The summed E-state index contributed by atoms with van der Waals surface area (Å²) in [6.45, 7) is 0. The van der Waals surface area contributed by atoms with E-state index in [1.54, 1.807) is 6.07 Å². The fraction of sp³-hybridized carbons (Fsp3) is 0.562. The topological polar surface area (TPSA) is 93.5 Å². The van der Waals surface area contributed by atoms with Crippen molar-refractivity contribution in [1.29, 1.82) is 0 Å². The minimum Gasteiger partial charge on any atom is -0.495 e. The molecule has 25 heavy (non-hydrogen) atoms. The van der Waals surface area contributed by atoms with Gasteiger partial charge in [0.15, 0.2) is 0 Å². The van der Waals surface area contributed by atoms with Crippen LogP contribution in [0.25, 0.3) is 0 Å². The number of nitrogens with one attached hydrogen (secondary N) is 2. The largest absolute Gasteiger partial charge is 0.495 e. The van der Waals surface area contributed by atoms with Gasteiger partial charge in [-0.15, -0.1) is 24.2 Å². The van der Waals surface area contributed by atoms with Gasteiger partial charge in [0.05, 0.1) is 23.0 Å². The third-order valence-electron chi connectivity index (χ3n) is 4.75. The number of nitro benzene ring substituents is 1. The molecule has 1 amide bonds. The van der Waals surface area contributed by atoms with Gasteiger partial charge in [-0.2, -0.15) is 0 Å². The highest BCUT2D eigenvalue weighted by atomic mass is 35.5. The molecule has 3 rings (SSSR count). The number of hydrogen-bond donors (Lipinski definition) is 2. The first-order valence-corrected chi connectivity index (χ1v) is 9.21. The van der Waals surface area contributed by atoms with Crippen LogP contribution in [0.2, 0.25) is 0 Å². The molecule has 9 heteroatoms. The van der Waals surface area contributed by atoms with Crippen LogP contribution in [-0.2, 0) is 0 Å². The number of thioether (sulfide) groups is 1. The van der Waals surface area contributed by atoms with Crippen LogP contribution >= 0.6 is 24.2 Å². The van der Waals surface area contributed by atoms with Gasteiger partial charge < -0.3 is 15.4 Å². The second kappa shape index (κ2) is 8.25. The zero-order valence-electron chi connectivity index (χ0n) is 14.1. The zero-order valence-corrected chi connectivity index (χ0v) is 15.7. The van der Waals surface area contributed by atoms with E-state index in [0.29, 0.717) is 22.7 Å². The average molecular weight is 388 g/mol. The van der Waals surface area contributed by atoms with Crippen molar-refractivity contribution in [2.75, 3.05) is 13.4 Å². The van der Waals surface area contributed by atoms with Gasteiger partial charge in [-0.25, -0.2) is 0 Å². The van der Waals surface area contributed by atoms with E-state index in [0.717, 1.165) is 25.7 Å². The normalized spacial score (nSPS) is 24.3. The fourth-order valence-electron chi connectivity index (χ4n) is 3.64. The number of carbonyl (C=O) groups is 1. The van der Waals surface area contributed by atoms with Crippen LogP contribution in [0.3, 0.4) is 0 Å². The monoisotopic (exact) mass is 387 g/mol. The number of rotatable bonds is 5. The van der Waals surface area contributed by atoms with Crippen LogP contribution in [0.4, 0.5) is 5.69 Å². The average Bonchev–Trinajstić information content (AvgIpc) is 2.91. The molecule has 2 heterocycles. The Kier molecular flexibility index (Phi) is 6.53. The van der Waals surface area contributed by atoms with Gasteiger partial charge in [0.25, 0.3) is 11.6 Å². The molecule has 0 saturated carbocycles. The van der Waals surface area contributed by atoms with Crippen molar-refractivity contribution in [3.8, 4) is 5.75 Å². The van der Waals surface area contributed by atoms with Gasteiger partial charge in [-0.3, -0.25) is 14.9 Å². The van der Waals surface area contributed by atoms with Crippen molar-refractivity contribution in [3.05, 3.63) is 27.8 Å². The summed E-state index contributed by atoms with van der Waals surface area (Å²) in [5.41, 5.74) is -0.130. The summed E-state index contributed by atoms with van der Waals surface area (Å²) in [6, 6.07) is 3.83. The minimum absolute atomic E-state index is 0. The number of amides is 1. The molecule has 138 valence electrons. The number of hydrogen-bond acceptors (Lipinski definition) is 6. The third kappa shape index (κ3) is 4.19. The molecule has 2 fully saturated rings. The maximum absolute atomic E-state index is 12.7. The number of fused-ring (bicyclic) bond motifs is 2. The Bertz CT molecular complexity index is 661. The van der Waals surface area contributed by atoms with Gasteiger partial charge in [-0.05, 0) is 38.0 Å². The second-order valence-corrected chi connectivity index (χ2v) is 7.11. The van der Waals surface area contributed by atoms with Crippen LogP contribution < -0.4 is 15.4 Å². The summed E-state index contributed by atoms with van der Waals surface area (Å²) in [7, 11) is 1.46. The summed E-state index contributed by atoms with van der Waals surface area (Å²) >= 11 is 1.39. The lowest BCUT2D eigenvalue weighted by atomic mass is 9.99. The van der Waals surface area contributed by atoms with Crippen molar-refractivity contribution in [3.63, 3.8) is 0 Å². The third-order valence-corrected chi connectivity index (χ3v) is 5.51. The zero-order chi connectivity index (χ0) is 17.3. The standard InChI is InChI=1S/C16H21N3O4S.ClH/c1-23-14-8-13(19(21)22)12(7-15(14)24-2)16(20)18-11-5-9-3-4-10(6-11)17-9;/h7-11,17H,3-6H2,1-2H3,(H,18,20);1H. The molecule has 0 aromatic heterocycles. The van der Waals surface area contributed by atoms with E-state index in [1.807, 2.05) is 6.26 Å². The fourth-order valence-corrected chi connectivity index (χ4v) is 4.22. The lowest BCUT2D eigenvalue weighted by molar-refractivity contribution is -0.385. The Morgan fingerprint density at radius 3 is 2.52 bits per heavy atom. The molecule has 2 bridgehead atoms. The quantitative estimate of drug-likeness (QED) is 0.458. The predicted octanol–water partition coefficient (Wildman–Crippen LogP) is 2.76. The van der Waals surface area contributed by atoms with E-state index < -0.39 is 4.92 Å². The number of nitrogens with zero attached hydrogens (tertiary/aromatic N) is 1. The summed E-state index contributed by atoms with van der Waals surface area (Å²) in [5, 5.41) is 17.9. The molecular weight excluding hydrogens is 366 g/mol. The predicted molar refractivity (Wildman–Crippen MR) is 99.1 cm³/mol. The van der Waals surface area contributed by atoms with E-state index in [9.17, 15) is 14.9 Å². The molecule has 0 radical (unpaired) electrons. The number of ether oxygens (including phenoxy) is 1. The molecule has 2 unspecified atom stereocenters. The van der Waals surface area contributed by atoms with Gasteiger partial charge >= 0.3 is 0 Å². The van der Waals surface area contributed by atoms with Gasteiger partial charge in [-0.1, -0.05) is 0 Å². The Labute approximate surface area is 156 Å². The number of methoxy groups -OCH3 is 1. The molecule has 2 aliphatic heterocycles. The SMILES string of the molecule is COc1cc([N+](=O)[O-])c(C(=O)NC2CC3CCC(C2)N3)cc1SC.Cl. The molecule has 2 N–H and O–H groups in total. The first-order valence-electron chi connectivity index (χ1n) is 7.99. The van der Waals surface area contributed by atoms with Crippen molar-refractivity contribution in [2.24, 2.45) is 0 Å². The minimum atomic E-state index is -0.534. The molecular formula is C16H22ClN3O4S. The highest BCUT2D eigenvalue weighted by Gasteiger charge is 2.35. The smallest absolute Gasteiger partial charge is 0.285 e. The molecule has 2 atom stereocenters. The number of piperidine rings is 1. The lowest BCUT2D eigenvalue weighted by Crippen LogP contribution is -2.48. The Hall–Kier alpha value is -1.51. The van der Waals surface area contributed by atoms with Gasteiger partial charge in [0.1, 0.15) is 11.3 Å². The number of halogens is 1. The summed E-state index contributed by atoms with van der Waals surface area (Å²) in [4.78, 5) is 24.2. The highest BCUT2D eigenvalue weighted by molar-refractivity contribution is 7.98. The molecule has 2 saturated heterocycles. The number of benzene rings is 1. The van der Waals surface area contributed by atoms with Crippen LogP contribution in [-0.4, -0.2) is 42.3 Å². The van der Waals surface area contributed by atoms with Gasteiger partial charge in [0.2, 0.25) is 0 Å². The van der Waals surface area contributed by atoms with Crippen molar-refractivity contribution < 1.29 is 14.5 Å². The van der Waals surface area contributed by atoms with Crippen molar-refractivity contribution >= 4 is 35.8 Å². The maximum atomic E-state index is 12.7. The molecule has 2 aliphatic rings. The van der Waals surface area contributed by atoms with E-state index in [2.05, 4.69) is 10.6 Å². The number of carbonyl (C=O) groups excluding carboxylic acids is 1. The first kappa shape index (κ1) is 19.8. The lowest BCUT2D eigenvalue weighted by Gasteiger charge is -2.29.